The Morgan fingerprint density at radius 1 is 1.38 bits per heavy atom. The lowest BCUT2D eigenvalue weighted by Crippen LogP contribution is -2.30. The third kappa shape index (κ3) is 4.46. The van der Waals surface area contributed by atoms with Crippen molar-refractivity contribution in [3.05, 3.63) is 24.3 Å². The molecule has 0 bridgehead atoms. The van der Waals surface area contributed by atoms with E-state index < -0.39 is 0 Å². The van der Waals surface area contributed by atoms with Gasteiger partial charge in [0.1, 0.15) is 0 Å². The second-order valence-corrected chi connectivity index (χ2v) is 6.04. The molecule has 1 aliphatic heterocycles. The maximum absolute atomic E-state index is 12.0. The highest BCUT2D eigenvalue weighted by Gasteiger charge is 2.18. The number of carbonyl (C=O) groups excluding carboxylic acids is 1. The van der Waals surface area contributed by atoms with Gasteiger partial charge in [0, 0.05) is 30.4 Å². The summed E-state index contributed by atoms with van der Waals surface area (Å²) in [4.78, 5) is 14.3. The van der Waals surface area contributed by atoms with Crippen LogP contribution in [0.2, 0.25) is 0 Å². The van der Waals surface area contributed by atoms with E-state index in [4.69, 9.17) is 0 Å². The van der Waals surface area contributed by atoms with Gasteiger partial charge in [0.05, 0.1) is 0 Å². The zero-order chi connectivity index (χ0) is 15.2. The Hall–Kier alpha value is -1.55. The van der Waals surface area contributed by atoms with Gasteiger partial charge in [-0.2, -0.15) is 0 Å². The van der Waals surface area contributed by atoms with Crippen molar-refractivity contribution in [2.75, 3.05) is 29.9 Å². The van der Waals surface area contributed by atoms with E-state index in [1.807, 2.05) is 12.1 Å². The van der Waals surface area contributed by atoms with Gasteiger partial charge in [-0.3, -0.25) is 4.79 Å². The van der Waals surface area contributed by atoms with Crippen molar-refractivity contribution in [2.24, 2.45) is 5.92 Å². The molecule has 4 heteroatoms. The predicted octanol–water partition coefficient (Wildman–Crippen LogP) is 2.86. The first-order valence-corrected chi connectivity index (χ1v) is 7.97. The highest BCUT2D eigenvalue weighted by atomic mass is 16.1. The summed E-state index contributed by atoms with van der Waals surface area (Å²) in [5.41, 5.74) is 2.08. The summed E-state index contributed by atoms with van der Waals surface area (Å²) < 4.78 is 0. The van der Waals surface area contributed by atoms with Crippen LogP contribution in [0.5, 0.6) is 0 Å². The van der Waals surface area contributed by atoms with E-state index in [0.29, 0.717) is 18.4 Å². The molecule has 1 fully saturated rings. The minimum atomic E-state index is 0.118. The van der Waals surface area contributed by atoms with Crippen molar-refractivity contribution in [1.82, 2.24) is 5.32 Å². The average molecular weight is 289 g/mol. The number of benzene rings is 1. The van der Waals surface area contributed by atoms with Crippen molar-refractivity contribution in [3.8, 4) is 0 Å². The summed E-state index contributed by atoms with van der Waals surface area (Å²) in [6, 6.07) is 8.62. The number of anilines is 2. The molecule has 2 N–H and O–H groups in total. The third-order valence-electron chi connectivity index (χ3n) is 4.08. The molecule has 1 aromatic rings. The molecule has 1 aromatic carbocycles. The molecule has 21 heavy (non-hydrogen) atoms. The number of hydrogen-bond acceptors (Lipinski definition) is 3. The standard InChI is InChI=1S/C17H27N3O/c1-4-20(13(2)3)16-7-5-15(6-8-16)19-17(21)11-14-9-10-18-12-14/h5-8,13-14,18H,4,9-12H2,1-3H3,(H,19,21). The van der Waals surface area contributed by atoms with Gasteiger partial charge in [-0.15, -0.1) is 0 Å². The van der Waals surface area contributed by atoms with Gasteiger partial charge < -0.3 is 15.5 Å². The summed E-state index contributed by atoms with van der Waals surface area (Å²) in [6.07, 6.45) is 1.72. The summed E-state index contributed by atoms with van der Waals surface area (Å²) in [5, 5.41) is 6.29. The molecule has 116 valence electrons. The van der Waals surface area contributed by atoms with Crippen LogP contribution in [0.15, 0.2) is 24.3 Å². The molecule has 0 spiro atoms. The lowest BCUT2D eigenvalue weighted by atomic mass is 10.0. The predicted molar refractivity (Wildman–Crippen MR) is 88.8 cm³/mol. The molecule has 1 saturated heterocycles. The van der Waals surface area contributed by atoms with E-state index in [1.54, 1.807) is 0 Å². The van der Waals surface area contributed by atoms with E-state index in [9.17, 15) is 4.79 Å². The summed E-state index contributed by atoms with van der Waals surface area (Å²) in [6.45, 7) is 9.52. The number of nitrogens with zero attached hydrogens (tertiary/aromatic N) is 1. The first-order valence-electron chi connectivity index (χ1n) is 7.97. The van der Waals surface area contributed by atoms with Crippen LogP contribution in [-0.4, -0.2) is 31.6 Å². The van der Waals surface area contributed by atoms with Crippen molar-refractivity contribution in [2.45, 2.75) is 39.7 Å². The SMILES string of the molecule is CCN(c1ccc(NC(=O)CC2CCNC2)cc1)C(C)C. The molecular weight excluding hydrogens is 262 g/mol. The van der Waals surface area contributed by atoms with Crippen molar-refractivity contribution >= 4 is 17.3 Å². The number of carbonyl (C=O) groups is 1. The normalized spacial score (nSPS) is 18.0. The smallest absolute Gasteiger partial charge is 0.224 e. The quantitative estimate of drug-likeness (QED) is 0.846. The number of nitrogens with one attached hydrogen (secondary N) is 2. The first kappa shape index (κ1) is 15.8. The molecular formula is C17H27N3O. The lowest BCUT2D eigenvalue weighted by Gasteiger charge is -2.27. The Morgan fingerprint density at radius 2 is 2.10 bits per heavy atom. The first-order chi connectivity index (χ1) is 10.1. The van der Waals surface area contributed by atoms with Crippen LogP contribution < -0.4 is 15.5 Å². The monoisotopic (exact) mass is 289 g/mol. The van der Waals surface area contributed by atoms with Gasteiger partial charge >= 0.3 is 0 Å². The molecule has 1 aliphatic rings. The van der Waals surface area contributed by atoms with Gasteiger partial charge in [-0.1, -0.05) is 0 Å². The maximum Gasteiger partial charge on any atom is 0.224 e. The Balaban J connectivity index is 1.90. The second kappa shape index (κ2) is 7.46. The van der Waals surface area contributed by atoms with Crippen LogP contribution in [0, 0.1) is 5.92 Å². The zero-order valence-electron chi connectivity index (χ0n) is 13.4. The Kier molecular flexibility index (Phi) is 5.62. The van der Waals surface area contributed by atoms with Crippen LogP contribution in [0.1, 0.15) is 33.6 Å². The Bertz CT molecular complexity index is 450. The van der Waals surface area contributed by atoms with Crippen LogP contribution in [0.3, 0.4) is 0 Å². The molecule has 0 aromatic heterocycles. The van der Waals surface area contributed by atoms with E-state index in [2.05, 4.69) is 48.4 Å². The molecule has 0 radical (unpaired) electrons. The number of hydrogen-bond donors (Lipinski definition) is 2. The summed E-state index contributed by atoms with van der Waals surface area (Å²) >= 11 is 0. The third-order valence-corrected chi connectivity index (χ3v) is 4.08. The van der Waals surface area contributed by atoms with E-state index in [0.717, 1.165) is 31.7 Å². The number of amides is 1. The van der Waals surface area contributed by atoms with Gasteiger partial charge in [0.15, 0.2) is 0 Å². The average Bonchev–Trinajstić information content (AvgIpc) is 2.94. The second-order valence-electron chi connectivity index (χ2n) is 6.04. The van der Waals surface area contributed by atoms with Gasteiger partial charge in [-0.05, 0) is 70.5 Å². The lowest BCUT2D eigenvalue weighted by molar-refractivity contribution is -0.116. The molecule has 0 saturated carbocycles. The number of rotatable bonds is 6. The molecule has 4 nitrogen and oxygen atoms in total. The van der Waals surface area contributed by atoms with Crippen LogP contribution in [-0.2, 0) is 4.79 Å². The van der Waals surface area contributed by atoms with Crippen molar-refractivity contribution in [1.29, 1.82) is 0 Å². The van der Waals surface area contributed by atoms with Crippen LogP contribution >= 0.6 is 0 Å². The van der Waals surface area contributed by atoms with Gasteiger partial charge in [0.25, 0.3) is 0 Å². The zero-order valence-corrected chi connectivity index (χ0v) is 13.4. The van der Waals surface area contributed by atoms with E-state index in [1.165, 1.54) is 5.69 Å². The molecule has 0 aliphatic carbocycles. The molecule has 1 atom stereocenters. The van der Waals surface area contributed by atoms with Crippen molar-refractivity contribution in [3.63, 3.8) is 0 Å². The highest BCUT2D eigenvalue weighted by Crippen LogP contribution is 2.20. The molecule has 1 heterocycles. The Morgan fingerprint density at radius 3 is 2.62 bits per heavy atom. The molecule has 1 unspecified atom stereocenters. The molecule has 2 rings (SSSR count). The van der Waals surface area contributed by atoms with Gasteiger partial charge in [-0.25, -0.2) is 0 Å². The fourth-order valence-electron chi connectivity index (χ4n) is 2.94. The Labute approximate surface area is 127 Å². The van der Waals surface area contributed by atoms with Gasteiger partial charge in [0.2, 0.25) is 5.91 Å². The summed E-state index contributed by atoms with van der Waals surface area (Å²) in [7, 11) is 0. The largest absolute Gasteiger partial charge is 0.369 e. The fourth-order valence-corrected chi connectivity index (χ4v) is 2.94. The van der Waals surface area contributed by atoms with Crippen LogP contribution in [0.25, 0.3) is 0 Å². The van der Waals surface area contributed by atoms with Crippen LogP contribution in [0.4, 0.5) is 11.4 Å². The fraction of sp³-hybridized carbons (Fsp3) is 0.588. The highest BCUT2D eigenvalue weighted by molar-refractivity contribution is 5.91. The van der Waals surface area contributed by atoms with E-state index >= 15 is 0 Å². The maximum atomic E-state index is 12.0. The van der Waals surface area contributed by atoms with Crippen molar-refractivity contribution < 1.29 is 4.79 Å². The minimum Gasteiger partial charge on any atom is -0.369 e. The molecule has 1 amide bonds. The minimum absolute atomic E-state index is 0.118. The topological polar surface area (TPSA) is 44.4 Å². The summed E-state index contributed by atoms with van der Waals surface area (Å²) in [5.74, 6) is 0.605. The van der Waals surface area contributed by atoms with E-state index in [-0.39, 0.29) is 5.91 Å².